The second-order valence-electron chi connectivity index (χ2n) is 21.1. The van der Waals surface area contributed by atoms with Crippen molar-refractivity contribution in [3.63, 3.8) is 0 Å². The lowest BCUT2D eigenvalue weighted by molar-refractivity contribution is 0.0862. The van der Waals surface area contributed by atoms with Crippen molar-refractivity contribution in [2.45, 2.75) is 108 Å². The minimum absolute atomic E-state index is 0.0166. The summed E-state index contributed by atoms with van der Waals surface area (Å²) < 4.78 is 0. The fourth-order valence-corrected chi connectivity index (χ4v) is 14.3. The van der Waals surface area contributed by atoms with Crippen LogP contribution >= 0.6 is 0 Å². The van der Waals surface area contributed by atoms with Gasteiger partial charge in [0.05, 0.1) is 28.7 Å². The van der Waals surface area contributed by atoms with E-state index in [4.69, 9.17) is 0 Å². The Morgan fingerprint density at radius 2 is 0.969 bits per heavy atom. The van der Waals surface area contributed by atoms with E-state index >= 15 is 0 Å². The van der Waals surface area contributed by atoms with E-state index < -0.39 is 5.41 Å². The van der Waals surface area contributed by atoms with E-state index in [9.17, 15) is 10.5 Å². The maximum Gasteiger partial charge on any atom is 0.0991 e. The molecule has 2 heterocycles. The van der Waals surface area contributed by atoms with Crippen LogP contribution in [0, 0.1) is 33.5 Å². The van der Waals surface area contributed by atoms with Gasteiger partial charge in [-0.3, -0.25) is 0 Å². The Morgan fingerprint density at radius 1 is 0.462 bits per heavy atom. The van der Waals surface area contributed by atoms with Gasteiger partial charge < -0.3 is 9.80 Å². The largest absolute Gasteiger partial charge is 0.335 e. The van der Waals surface area contributed by atoms with Gasteiger partial charge in [0.2, 0.25) is 0 Å². The molecule has 0 N–H and O–H groups in total. The molecule has 7 aromatic rings. The summed E-state index contributed by atoms with van der Waals surface area (Å²) in [4.78, 5) is 5.44. The van der Waals surface area contributed by atoms with Crippen LogP contribution in [0.5, 0.6) is 0 Å². The number of nitrogens with zero attached hydrogens (tertiary/aromatic N) is 4. The monoisotopic (exact) mass is 844 g/mol. The smallest absolute Gasteiger partial charge is 0.0991 e. The molecule has 0 radical (unpaired) electrons. The Balaban J connectivity index is 1.18. The molecule has 320 valence electrons. The number of hydrogen-bond donors (Lipinski definition) is 0. The van der Waals surface area contributed by atoms with Crippen LogP contribution in [0.2, 0.25) is 0 Å². The quantitative estimate of drug-likeness (QED) is 0.177. The van der Waals surface area contributed by atoms with E-state index in [1.807, 2.05) is 12.1 Å². The molecule has 12 rings (SSSR count). The SMILES string of the molecule is CC12CCCCC1(C)N(c1ccc3c(c1)C(c1ccccc1)(c1ccccc1)c1cc(N4c5ccc(C#N)cc5CC5(C)CCCCC45C)c4ccccc4c1-3)c1ccc(C#N)cc1C2. The van der Waals surface area contributed by atoms with Crippen LogP contribution in [-0.2, 0) is 18.3 Å². The predicted molar refractivity (Wildman–Crippen MR) is 265 cm³/mol. The van der Waals surface area contributed by atoms with Gasteiger partial charge in [0, 0.05) is 39.2 Å². The van der Waals surface area contributed by atoms with E-state index in [0.717, 1.165) is 49.7 Å². The molecular weight excluding hydrogens is 789 g/mol. The summed E-state index contributed by atoms with van der Waals surface area (Å²) in [5.41, 5.74) is 15.7. The van der Waals surface area contributed by atoms with Gasteiger partial charge in [0.1, 0.15) is 0 Å². The number of anilines is 4. The van der Waals surface area contributed by atoms with Gasteiger partial charge in [-0.05, 0) is 168 Å². The average Bonchev–Trinajstić information content (AvgIpc) is 3.63. The predicted octanol–water partition coefficient (Wildman–Crippen LogP) is 15.0. The molecule has 4 nitrogen and oxygen atoms in total. The van der Waals surface area contributed by atoms with Crippen molar-refractivity contribution in [2.24, 2.45) is 10.8 Å². The first-order valence-electron chi connectivity index (χ1n) is 24.1. The standard InChI is InChI=1S/C61H56N4/c1-57-29-13-15-31-59(57,3)64(53-27-23-41(39-62)33-43(53)37-57)47-25-26-50-51(35-47)61(45-17-7-5-8-18-45,46-19-9-6-10-20-46)52-36-55(48-21-11-12-22-49(48)56(50)52)65-54-28-24-42(40-63)34-44(54)38-58(2)30-14-16-32-60(58,65)4/h5-12,17-28,33-36H,13-16,29-32,37-38H2,1-4H3. The summed E-state index contributed by atoms with van der Waals surface area (Å²) in [6, 6.07) is 59.6. The van der Waals surface area contributed by atoms with Crippen molar-refractivity contribution in [3.8, 4) is 23.3 Å². The third-order valence-electron chi connectivity index (χ3n) is 17.9. The molecule has 0 saturated heterocycles. The molecular formula is C61H56N4. The number of fused-ring (bicyclic) bond motifs is 9. The summed E-state index contributed by atoms with van der Waals surface area (Å²) in [5, 5.41) is 22.8. The minimum atomic E-state index is -0.651. The summed E-state index contributed by atoms with van der Waals surface area (Å²) in [6.45, 7) is 10.1. The Bertz CT molecular complexity index is 3130. The highest BCUT2D eigenvalue weighted by molar-refractivity contribution is 6.10. The molecule has 3 aliphatic carbocycles. The molecule has 4 atom stereocenters. The van der Waals surface area contributed by atoms with Gasteiger partial charge in [-0.1, -0.05) is 131 Å². The maximum atomic E-state index is 10.2. The molecule has 0 aromatic heterocycles. The summed E-state index contributed by atoms with van der Waals surface area (Å²) in [5.74, 6) is 0. The van der Waals surface area contributed by atoms with Gasteiger partial charge in [0.15, 0.2) is 0 Å². The van der Waals surface area contributed by atoms with Crippen molar-refractivity contribution in [2.75, 3.05) is 9.80 Å². The highest BCUT2D eigenvalue weighted by Gasteiger charge is 2.57. The lowest BCUT2D eigenvalue weighted by Gasteiger charge is -2.60. The van der Waals surface area contributed by atoms with E-state index in [-0.39, 0.29) is 21.9 Å². The first-order chi connectivity index (χ1) is 31.6. The van der Waals surface area contributed by atoms with Gasteiger partial charge >= 0.3 is 0 Å². The normalized spacial score (nSPS) is 25.8. The van der Waals surface area contributed by atoms with Crippen LogP contribution in [0.3, 0.4) is 0 Å². The first kappa shape index (κ1) is 39.9. The van der Waals surface area contributed by atoms with Crippen LogP contribution < -0.4 is 9.80 Å². The third-order valence-corrected chi connectivity index (χ3v) is 17.9. The fourth-order valence-electron chi connectivity index (χ4n) is 14.3. The summed E-state index contributed by atoms with van der Waals surface area (Å²) in [7, 11) is 0. The second kappa shape index (κ2) is 14.2. The molecule has 2 saturated carbocycles. The lowest BCUT2D eigenvalue weighted by atomic mass is 9.57. The van der Waals surface area contributed by atoms with Crippen molar-refractivity contribution in [3.05, 3.63) is 190 Å². The van der Waals surface area contributed by atoms with Gasteiger partial charge in [0.25, 0.3) is 0 Å². The molecule has 7 aromatic carbocycles. The third kappa shape index (κ3) is 5.35. The van der Waals surface area contributed by atoms with Crippen LogP contribution in [0.15, 0.2) is 146 Å². The molecule has 0 spiro atoms. The molecule has 4 heteroatoms. The van der Waals surface area contributed by atoms with Crippen LogP contribution in [-0.4, -0.2) is 11.1 Å². The highest BCUT2D eigenvalue weighted by atomic mass is 15.2. The topological polar surface area (TPSA) is 54.1 Å². The van der Waals surface area contributed by atoms with Gasteiger partial charge in [-0.25, -0.2) is 0 Å². The van der Waals surface area contributed by atoms with E-state index in [1.165, 1.54) is 104 Å². The molecule has 2 fully saturated rings. The molecule has 2 aliphatic heterocycles. The van der Waals surface area contributed by atoms with Crippen molar-refractivity contribution in [1.82, 2.24) is 0 Å². The van der Waals surface area contributed by atoms with Gasteiger partial charge in [-0.2, -0.15) is 10.5 Å². The zero-order valence-electron chi connectivity index (χ0n) is 38.2. The molecule has 4 unspecified atom stereocenters. The first-order valence-corrected chi connectivity index (χ1v) is 24.1. The van der Waals surface area contributed by atoms with Crippen LogP contribution in [0.25, 0.3) is 21.9 Å². The number of hydrogen-bond acceptors (Lipinski definition) is 4. The summed E-state index contributed by atoms with van der Waals surface area (Å²) >= 11 is 0. The fraction of sp³-hybridized carbons (Fsp3) is 0.311. The Hall–Kier alpha value is -6.62. The Labute approximate surface area is 384 Å². The van der Waals surface area contributed by atoms with Crippen LogP contribution in [0.4, 0.5) is 22.7 Å². The van der Waals surface area contributed by atoms with Crippen molar-refractivity contribution in [1.29, 1.82) is 10.5 Å². The van der Waals surface area contributed by atoms with E-state index in [1.54, 1.807) is 0 Å². The molecule has 0 amide bonds. The van der Waals surface area contributed by atoms with Crippen LogP contribution in [0.1, 0.15) is 124 Å². The summed E-state index contributed by atoms with van der Waals surface area (Å²) in [6.07, 6.45) is 11.3. The zero-order valence-corrected chi connectivity index (χ0v) is 38.2. The molecule has 5 aliphatic rings. The van der Waals surface area contributed by atoms with E-state index in [0.29, 0.717) is 0 Å². The number of nitriles is 2. The zero-order chi connectivity index (χ0) is 44.3. The molecule has 0 bridgehead atoms. The second-order valence-corrected chi connectivity index (χ2v) is 21.1. The van der Waals surface area contributed by atoms with Crippen molar-refractivity contribution < 1.29 is 0 Å². The van der Waals surface area contributed by atoms with Gasteiger partial charge in [-0.15, -0.1) is 0 Å². The lowest BCUT2D eigenvalue weighted by Crippen LogP contribution is -2.60. The van der Waals surface area contributed by atoms with E-state index in [2.05, 4.69) is 183 Å². The highest BCUT2D eigenvalue weighted by Crippen LogP contribution is 2.64. The number of rotatable bonds is 4. The Kier molecular flexibility index (Phi) is 8.72. The average molecular weight is 845 g/mol. The minimum Gasteiger partial charge on any atom is -0.335 e. The maximum absolute atomic E-state index is 10.2. The van der Waals surface area contributed by atoms with Crippen molar-refractivity contribution >= 4 is 33.5 Å². The number of benzene rings is 7. The Morgan fingerprint density at radius 3 is 1.54 bits per heavy atom. The molecule has 65 heavy (non-hydrogen) atoms.